The highest BCUT2D eigenvalue weighted by molar-refractivity contribution is 7.18. The zero-order valence-electron chi connectivity index (χ0n) is 17.2. The van der Waals surface area contributed by atoms with Crippen LogP contribution < -0.4 is 10.5 Å². The van der Waals surface area contributed by atoms with Gasteiger partial charge in [-0.25, -0.2) is 4.98 Å². The summed E-state index contributed by atoms with van der Waals surface area (Å²) in [6.45, 7) is 7.39. The Hall–Kier alpha value is -1.93. The van der Waals surface area contributed by atoms with Gasteiger partial charge in [-0.3, -0.25) is 14.3 Å². The summed E-state index contributed by atoms with van der Waals surface area (Å²) in [7, 11) is 2.13. The molecular weight excluding hydrogens is 418 g/mol. The molecule has 1 fully saturated rings. The topological polar surface area (TPSA) is 44.6 Å². The number of benzene rings is 1. The van der Waals surface area contributed by atoms with Crippen LogP contribution in [-0.2, 0) is 19.5 Å². The number of thiophene rings is 1. The van der Waals surface area contributed by atoms with E-state index in [9.17, 15) is 4.79 Å². The van der Waals surface area contributed by atoms with Crippen molar-refractivity contribution in [1.82, 2.24) is 19.4 Å². The zero-order valence-corrected chi connectivity index (χ0v) is 18.8. The van der Waals surface area contributed by atoms with E-state index in [1.807, 2.05) is 18.2 Å². The van der Waals surface area contributed by atoms with Crippen molar-refractivity contribution in [2.45, 2.75) is 19.5 Å². The van der Waals surface area contributed by atoms with Gasteiger partial charge in [0.2, 0.25) is 0 Å². The quantitative estimate of drug-likeness (QED) is 0.620. The number of anilines is 1. The largest absolute Gasteiger partial charge is 0.369 e. The van der Waals surface area contributed by atoms with Gasteiger partial charge in [-0.2, -0.15) is 0 Å². The van der Waals surface area contributed by atoms with Gasteiger partial charge >= 0.3 is 0 Å². The second kappa shape index (κ2) is 8.30. The molecule has 4 heterocycles. The lowest BCUT2D eigenvalue weighted by Gasteiger charge is -2.36. The summed E-state index contributed by atoms with van der Waals surface area (Å²) in [6.07, 6.45) is 2.68. The molecule has 6 nitrogen and oxygen atoms in total. The van der Waals surface area contributed by atoms with E-state index in [4.69, 9.17) is 11.6 Å². The highest BCUT2D eigenvalue weighted by atomic mass is 35.5. The third-order valence-electron chi connectivity index (χ3n) is 6.22. The number of hydrogen-bond donors (Lipinski definition) is 0. The van der Waals surface area contributed by atoms with E-state index in [1.54, 1.807) is 22.2 Å². The maximum atomic E-state index is 13.2. The lowest BCUT2D eigenvalue weighted by Crippen LogP contribution is -2.47. The van der Waals surface area contributed by atoms with Crippen LogP contribution in [-0.4, -0.2) is 65.7 Å². The molecule has 0 spiro atoms. The lowest BCUT2D eigenvalue weighted by atomic mass is 10.1. The van der Waals surface area contributed by atoms with Crippen LogP contribution in [0.5, 0.6) is 0 Å². The van der Waals surface area contributed by atoms with E-state index < -0.39 is 0 Å². The van der Waals surface area contributed by atoms with Gasteiger partial charge in [0, 0.05) is 67.9 Å². The number of fused-ring (bicyclic) bond motifs is 3. The van der Waals surface area contributed by atoms with Crippen LogP contribution in [0, 0.1) is 0 Å². The Morgan fingerprint density at radius 3 is 2.77 bits per heavy atom. The minimum Gasteiger partial charge on any atom is -0.369 e. The molecule has 1 aromatic carbocycles. The number of piperazine rings is 1. The van der Waals surface area contributed by atoms with Crippen LogP contribution in [0.4, 0.5) is 5.69 Å². The molecule has 0 atom stereocenters. The average Bonchev–Trinajstić information content (AvgIpc) is 3.12. The highest BCUT2D eigenvalue weighted by Gasteiger charge is 2.22. The molecule has 8 heteroatoms. The molecule has 158 valence electrons. The first-order valence-corrected chi connectivity index (χ1v) is 11.7. The SMILES string of the molecule is CN1CCc2c(sc3ncn(CCN4CCN(c5cccc(Cl)c5)CC4)c(=O)c23)C1. The predicted molar refractivity (Wildman–Crippen MR) is 124 cm³/mol. The van der Waals surface area contributed by atoms with Gasteiger partial charge in [0.15, 0.2) is 0 Å². The number of likely N-dealkylation sites (N-methyl/N-ethyl adjacent to an activating group) is 1. The van der Waals surface area contributed by atoms with E-state index in [-0.39, 0.29) is 5.56 Å². The smallest absolute Gasteiger partial charge is 0.262 e. The van der Waals surface area contributed by atoms with E-state index in [0.717, 1.165) is 67.5 Å². The number of aromatic nitrogens is 2. The molecule has 5 rings (SSSR count). The molecule has 1 saturated heterocycles. The fraction of sp³-hybridized carbons (Fsp3) is 0.455. The van der Waals surface area contributed by atoms with Gasteiger partial charge in [0.25, 0.3) is 5.56 Å². The van der Waals surface area contributed by atoms with Crippen LogP contribution in [0.1, 0.15) is 10.4 Å². The molecule has 2 aliphatic heterocycles. The van der Waals surface area contributed by atoms with E-state index in [1.165, 1.54) is 16.1 Å². The zero-order chi connectivity index (χ0) is 20.7. The van der Waals surface area contributed by atoms with E-state index in [0.29, 0.717) is 6.54 Å². The lowest BCUT2D eigenvalue weighted by molar-refractivity contribution is 0.247. The van der Waals surface area contributed by atoms with Crippen molar-refractivity contribution in [2.75, 3.05) is 51.2 Å². The maximum Gasteiger partial charge on any atom is 0.262 e. The first-order valence-electron chi connectivity index (χ1n) is 10.5. The Kier molecular flexibility index (Phi) is 5.54. The van der Waals surface area contributed by atoms with Gasteiger partial charge in [0.1, 0.15) is 4.83 Å². The van der Waals surface area contributed by atoms with Gasteiger partial charge < -0.3 is 9.80 Å². The molecule has 2 aromatic heterocycles. The van der Waals surface area contributed by atoms with Gasteiger partial charge in [-0.15, -0.1) is 11.3 Å². The number of halogens is 1. The first kappa shape index (κ1) is 20.0. The minimum atomic E-state index is 0.125. The maximum absolute atomic E-state index is 13.2. The minimum absolute atomic E-state index is 0.125. The summed E-state index contributed by atoms with van der Waals surface area (Å²) in [5.74, 6) is 0. The molecule has 0 amide bonds. The van der Waals surface area contributed by atoms with Crippen LogP contribution in [0.3, 0.4) is 0 Å². The summed E-state index contributed by atoms with van der Waals surface area (Å²) in [5.41, 5.74) is 2.54. The van der Waals surface area contributed by atoms with Crippen molar-refractivity contribution in [3.8, 4) is 0 Å². The molecule has 0 bridgehead atoms. The second-order valence-electron chi connectivity index (χ2n) is 8.22. The molecule has 0 radical (unpaired) electrons. The van der Waals surface area contributed by atoms with Crippen molar-refractivity contribution in [3.63, 3.8) is 0 Å². The van der Waals surface area contributed by atoms with Crippen LogP contribution in [0.2, 0.25) is 5.02 Å². The van der Waals surface area contributed by atoms with Crippen LogP contribution in [0.25, 0.3) is 10.2 Å². The monoisotopic (exact) mass is 443 g/mol. The van der Waals surface area contributed by atoms with Crippen molar-refractivity contribution in [3.05, 3.63) is 56.4 Å². The Bertz CT molecular complexity index is 1120. The number of hydrogen-bond acceptors (Lipinski definition) is 6. The Morgan fingerprint density at radius 1 is 1.13 bits per heavy atom. The van der Waals surface area contributed by atoms with Crippen LogP contribution in [0.15, 0.2) is 35.4 Å². The van der Waals surface area contributed by atoms with Gasteiger partial charge in [-0.05, 0) is 37.2 Å². The van der Waals surface area contributed by atoms with E-state index in [2.05, 4.69) is 32.8 Å². The normalized spacial score (nSPS) is 18.1. The van der Waals surface area contributed by atoms with Crippen LogP contribution >= 0.6 is 22.9 Å². The van der Waals surface area contributed by atoms with Gasteiger partial charge in [-0.1, -0.05) is 17.7 Å². The standard InChI is InChI=1S/C22H26ClN5OS/c1-25-6-5-18-19(14-25)30-21-20(18)22(29)28(15-24-21)12-9-26-7-10-27(11-8-26)17-4-2-3-16(23)13-17/h2-4,13,15H,5-12,14H2,1H3. The average molecular weight is 444 g/mol. The fourth-order valence-corrected chi connectivity index (χ4v) is 5.90. The Balaban J connectivity index is 1.25. The molecule has 0 saturated carbocycles. The van der Waals surface area contributed by atoms with Crippen molar-refractivity contribution in [2.24, 2.45) is 0 Å². The van der Waals surface area contributed by atoms with Crippen molar-refractivity contribution in [1.29, 1.82) is 0 Å². The first-order chi connectivity index (χ1) is 14.6. The van der Waals surface area contributed by atoms with Gasteiger partial charge in [0.05, 0.1) is 11.7 Å². The molecule has 2 aliphatic rings. The molecule has 0 aliphatic carbocycles. The highest BCUT2D eigenvalue weighted by Crippen LogP contribution is 2.31. The Labute approximate surface area is 185 Å². The fourth-order valence-electron chi connectivity index (χ4n) is 4.46. The number of nitrogens with zero attached hydrogens (tertiary/aromatic N) is 5. The number of rotatable bonds is 4. The third kappa shape index (κ3) is 3.87. The van der Waals surface area contributed by atoms with E-state index >= 15 is 0 Å². The molecule has 0 N–H and O–H groups in total. The molecular formula is C22H26ClN5OS. The third-order valence-corrected chi connectivity index (χ3v) is 7.58. The predicted octanol–water partition coefficient (Wildman–Crippen LogP) is 2.92. The summed E-state index contributed by atoms with van der Waals surface area (Å²) < 4.78 is 1.80. The summed E-state index contributed by atoms with van der Waals surface area (Å²) in [4.78, 5) is 27.1. The molecule has 30 heavy (non-hydrogen) atoms. The second-order valence-corrected chi connectivity index (χ2v) is 9.74. The van der Waals surface area contributed by atoms with Crippen molar-refractivity contribution >= 4 is 38.8 Å². The molecule has 3 aromatic rings. The molecule has 0 unspecified atom stereocenters. The summed E-state index contributed by atoms with van der Waals surface area (Å²) >= 11 is 7.81. The Morgan fingerprint density at radius 2 is 1.97 bits per heavy atom. The summed E-state index contributed by atoms with van der Waals surface area (Å²) in [5, 5.41) is 1.64. The summed E-state index contributed by atoms with van der Waals surface area (Å²) in [6, 6.07) is 8.05. The van der Waals surface area contributed by atoms with Crippen molar-refractivity contribution < 1.29 is 0 Å².